The van der Waals surface area contributed by atoms with Gasteiger partial charge in [0.2, 0.25) is 0 Å². The van der Waals surface area contributed by atoms with Crippen LogP contribution in [0, 0.1) is 5.92 Å². The molecule has 0 amide bonds. The van der Waals surface area contributed by atoms with Crippen LogP contribution in [0.2, 0.25) is 0 Å². The van der Waals surface area contributed by atoms with Crippen LogP contribution in [0.5, 0.6) is 0 Å². The van der Waals surface area contributed by atoms with Crippen LogP contribution in [0.1, 0.15) is 94.4 Å². The summed E-state index contributed by atoms with van der Waals surface area (Å²) in [7, 11) is 0. The summed E-state index contributed by atoms with van der Waals surface area (Å²) >= 11 is 0. The van der Waals surface area contributed by atoms with E-state index in [0.29, 0.717) is 0 Å². The Labute approximate surface area is 101 Å². The second-order valence-corrected chi connectivity index (χ2v) is 3.95. The highest BCUT2D eigenvalue weighted by Gasteiger charge is 1.88. The molecule has 0 radical (unpaired) electrons. The Morgan fingerprint density at radius 3 is 1.07 bits per heavy atom. The van der Waals surface area contributed by atoms with Crippen molar-refractivity contribution >= 4 is 0 Å². The predicted molar refractivity (Wildman–Crippen MR) is 77.6 cm³/mol. The summed E-state index contributed by atoms with van der Waals surface area (Å²) in [6.07, 6.45) is 6.65. The van der Waals surface area contributed by atoms with Crippen LogP contribution in [-0.4, -0.2) is 0 Å². The zero-order valence-electron chi connectivity index (χ0n) is 13.1. The fourth-order valence-electron chi connectivity index (χ4n) is 0.612. The number of rotatable bonds is 3. The summed E-state index contributed by atoms with van der Waals surface area (Å²) in [5.74, 6) is 0.903. The molecule has 0 heteroatoms. The highest BCUT2D eigenvalue weighted by atomic mass is 13.9. The first-order chi connectivity index (χ1) is 7.10. The first-order valence-corrected chi connectivity index (χ1v) is 7.10. The van der Waals surface area contributed by atoms with Gasteiger partial charge in [-0.1, -0.05) is 94.4 Å². The minimum absolute atomic E-state index is 0.903. The lowest BCUT2D eigenvalue weighted by Gasteiger charge is -1.98. The van der Waals surface area contributed by atoms with E-state index in [-0.39, 0.29) is 0 Å². The maximum Gasteiger partial charge on any atom is -0.0471 e. The van der Waals surface area contributed by atoms with E-state index in [9.17, 15) is 0 Å². The Bertz CT molecular complexity index is 44.0. The molecular formula is C15H38. The van der Waals surface area contributed by atoms with E-state index in [0.717, 1.165) is 5.92 Å². The van der Waals surface area contributed by atoms with Gasteiger partial charge in [-0.2, -0.15) is 0 Å². The lowest BCUT2D eigenvalue weighted by atomic mass is 10.1. The minimum atomic E-state index is 0.903. The third-order valence-electron chi connectivity index (χ3n) is 1.14. The minimum Gasteiger partial charge on any atom is -0.0683 e. The molecule has 0 aliphatic heterocycles. The van der Waals surface area contributed by atoms with Gasteiger partial charge in [-0.3, -0.25) is 0 Å². The lowest BCUT2D eigenvalue weighted by Crippen LogP contribution is -1.83. The summed E-state index contributed by atoms with van der Waals surface area (Å²) in [5, 5.41) is 0. The van der Waals surface area contributed by atoms with Crippen LogP contribution >= 0.6 is 0 Å². The van der Waals surface area contributed by atoms with Crippen molar-refractivity contribution in [2.45, 2.75) is 94.4 Å². The largest absolute Gasteiger partial charge is 0.0683 e. The van der Waals surface area contributed by atoms with E-state index in [1.807, 2.05) is 13.8 Å². The van der Waals surface area contributed by atoms with Crippen LogP contribution in [0.15, 0.2) is 0 Å². The first kappa shape index (κ1) is 24.3. The van der Waals surface area contributed by atoms with Crippen LogP contribution in [0.25, 0.3) is 0 Å². The summed E-state index contributed by atoms with van der Waals surface area (Å²) < 4.78 is 0. The normalized spacial score (nSPS) is 7.60. The molecule has 0 rings (SSSR count). The third kappa shape index (κ3) is 126. The second kappa shape index (κ2) is 37.0. The molecule has 0 unspecified atom stereocenters. The van der Waals surface area contributed by atoms with Gasteiger partial charge in [0, 0.05) is 0 Å². The first-order valence-electron chi connectivity index (χ1n) is 7.10. The molecule has 0 fully saturated rings. The van der Waals surface area contributed by atoms with E-state index in [1.165, 1.54) is 32.1 Å². The van der Waals surface area contributed by atoms with E-state index >= 15 is 0 Å². The second-order valence-electron chi connectivity index (χ2n) is 3.95. The SMILES string of the molecule is CC.CCC.CCC.CCCCC(C)C. The number of unbranched alkanes of at least 4 members (excludes halogenated alkanes) is 1. The highest BCUT2D eigenvalue weighted by Crippen LogP contribution is 2.04. The van der Waals surface area contributed by atoms with Gasteiger partial charge < -0.3 is 0 Å². The van der Waals surface area contributed by atoms with Crippen LogP contribution < -0.4 is 0 Å². The molecule has 0 aromatic heterocycles. The Kier molecular flexibility index (Phi) is 59.9. The van der Waals surface area contributed by atoms with Gasteiger partial charge in [-0.05, 0) is 5.92 Å². The topological polar surface area (TPSA) is 0 Å². The summed E-state index contributed by atoms with van der Waals surface area (Å²) in [5.41, 5.74) is 0. The molecule has 0 aromatic carbocycles. The monoisotopic (exact) mass is 218 g/mol. The van der Waals surface area contributed by atoms with Crippen molar-refractivity contribution in [2.24, 2.45) is 5.92 Å². The lowest BCUT2D eigenvalue weighted by molar-refractivity contribution is 0.550. The molecule has 0 aliphatic rings. The van der Waals surface area contributed by atoms with Crippen molar-refractivity contribution in [1.82, 2.24) is 0 Å². The van der Waals surface area contributed by atoms with Crippen molar-refractivity contribution in [3.63, 3.8) is 0 Å². The molecule has 0 N–H and O–H groups in total. The maximum atomic E-state index is 2.27. The van der Waals surface area contributed by atoms with E-state index in [1.54, 1.807) is 0 Å². The molecule has 0 atom stereocenters. The van der Waals surface area contributed by atoms with Crippen molar-refractivity contribution < 1.29 is 0 Å². The van der Waals surface area contributed by atoms with Crippen molar-refractivity contribution in [2.75, 3.05) is 0 Å². The van der Waals surface area contributed by atoms with Gasteiger partial charge >= 0.3 is 0 Å². The number of hydrogen-bond donors (Lipinski definition) is 0. The molecule has 15 heavy (non-hydrogen) atoms. The fourth-order valence-corrected chi connectivity index (χ4v) is 0.612. The Morgan fingerprint density at radius 2 is 1.00 bits per heavy atom. The maximum absolute atomic E-state index is 2.27. The Hall–Kier alpha value is 0. The molecular weight excluding hydrogens is 180 g/mol. The Morgan fingerprint density at radius 1 is 0.733 bits per heavy atom. The van der Waals surface area contributed by atoms with Crippen molar-refractivity contribution in [3.05, 3.63) is 0 Å². The van der Waals surface area contributed by atoms with Gasteiger partial charge in [-0.15, -0.1) is 0 Å². The zero-order chi connectivity index (χ0) is 13.1. The quantitative estimate of drug-likeness (QED) is 0.495. The van der Waals surface area contributed by atoms with Gasteiger partial charge in [0.05, 0.1) is 0 Å². The average Bonchev–Trinajstić information content (AvgIpc) is 2.20. The van der Waals surface area contributed by atoms with E-state index in [2.05, 4.69) is 48.5 Å². The predicted octanol–water partition coefficient (Wildman–Crippen LogP) is 6.69. The zero-order valence-corrected chi connectivity index (χ0v) is 13.1. The highest BCUT2D eigenvalue weighted by molar-refractivity contribution is 4.42. The molecule has 0 spiro atoms. The van der Waals surface area contributed by atoms with Gasteiger partial charge in [0.1, 0.15) is 0 Å². The molecule has 0 aromatic rings. The molecule has 0 aliphatic carbocycles. The van der Waals surface area contributed by atoms with Crippen molar-refractivity contribution in [1.29, 1.82) is 0 Å². The van der Waals surface area contributed by atoms with Gasteiger partial charge in [-0.25, -0.2) is 0 Å². The van der Waals surface area contributed by atoms with Gasteiger partial charge in [0.15, 0.2) is 0 Å². The van der Waals surface area contributed by atoms with Crippen LogP contribution in [0.4, 0.5) is 0 Å². The third-order valence-corrected chi connectivity index (χ3v) is 1.14. The summed E-state index contributed by atoms with van der Waals surface area (Å²) in [6, 6.07) is 0. The summed E-state index contributed by atoms with van der Waals surface area (Å²) in [4.78, 5) is 0. The molecule has 0 heterocycles. The molecule has 0 saturated carbocycles. The number of hydrogen-bond acceptors (Lipinski definition) is 0. The molecule has 0 saturated heterocycles. The summed E-state index contributed by atoms with van der Waals surface area (Å²) in [6.45, 7) is 19.3. The smallest absolute Gasteiger partial charge is 0.0471 e. The standard InChI is InChI=1S/C7H16.2C3H8.C2H6/c1-4-5-6-7(2)3;2*1-3-2;1-2/h7H,4-6H2,1-3H3;2*3H2,1-2H3;1-2H3. The van der Waals surface area contributed by atoms with Crippen LogP contribution in [0.3, 0.4) is 0 Å². The molecule has 98 valence electrons. The average molecular weight is 218 g/mol. The van der Waals surface area contributed by atoms with Crippen LogP contribution in [-0.2, 0) is 0 Å². The molecule has 0 nitrogen and oxygen atoms in total. The van der Waals surface area contributed by atoms with E-state index in [4.69, 9.17) is 0 Å². The van der Waals surface area contributed by atoms with E-state index < -0.39 is 0 Å². The van der Waals surface area contributed by atoms with Crippen molar-refractivity contribution in [3.8, 4) is 0 Å². The molecule has 0 bridgehead atoms. The van der Waals surface area contributed by atoms with Gasteiger partial charge in [0.25, 0.3) is 0 Å². The Balaban J connectivity index is -0.0000000638. The fraction of sp³-hybridized carbons (Fsp3) is 1.00.